The number of rotatable bonds is 12. The summed E-state index contributed by atoms with van der Waals surface area (Å²) in [5.74, 6) is -1.64. The van der Waals surface area contributed by atoms with E-state index in [1.54, 1.807) is 24.3 Å². The summed E-state index contributed by atoms with van der Waals surface area (Å²) in [4.78, 5) is 36.5. The molecule has 0 saturated carbocycles. The molecule has 15 atom stereocenters. The van der Waals surface area contributed by atoms with Crippen LogP contribution in [-0.2, 0) is 38.1 Å². The Morgan fingerprint density at radius 2 is 1.04 bits per heavy atom. The van der Waals surface area contributed by atoms with Crippen molar-refractivity contribution >= 4 is 29.5 Å². The number of amides is 3. The van der Waals surface area contributed by atoms with Gasteiger partial charge in [0.25, 0.3) is 0 Å². The SMILES string of the molecule is CC(=O)N[C@@H]1[C@@H](O)[C@H](O)[C@@H](CO[C@@H]2O[C@H](CO[C@@H]3O[C@H](CO)[C@@H](O)[C@H](O)[C@H]3NC(C)=O)[C@@H](O)[C@H](O)[C@H]2NC(C)=O)O[C@H]1Sc1ccccc1. The minimum atomic E-state index is -1.68. The second-order valence-electron chi connectivity index (χ2n) is 12.0. The number of aliphatic hydroxyl groups is 7. The van der Waals surface area contributed by atoms with Crippen molar-refractivity contribution in [1.82, 2.24) is 16.0 Å². The average molecular weight is 720 g/mol. The molecule has 3 amide bonds. The van der Waals surface area contributed by atoms with E-state index in [1.165, 1.54) is 25.6 Å². The monoisotopic (exact) mass is 719 g/mol. The highest BCUT2D eigenvalue weighted by atomic mass is 32.2. The number of hydrogen-bond acceptors (Lipinski definition) is 16. The summed E-state index contributed by atoms with van der Waals surface area (Å²) in [6.07, 6.45) is -16.3. The topological polar surface area (TPSA) is 275 Å². The maximum absolute atomic E-state index is 12.0. The first-order chi connectivity index (χ1) is 23.2. The van der Waals surface area contributed by atoms with Crippen LogP contribution in [0.25, 0.3) is 0 Å². The Kier molecular flexibility index (Phi) is 14.1. The van der Waals surface area contributed by atoms with Crippen LogP contribution in [0, 0.1) is 0 Å². The first kappa shape index (κ1) is 39.3. The average Bonchev–Trinajstić information content (AvgIpc) is 3.05. The number of thioether (sulfide) groups is 1. The molecule has 1 aromatic rings. The first-order valence-electron chi connectivity index (χ1n) is 15.6. The highest BCUT2D eigenvalue weighted by Gasteiger charge is 2.50. The summed E-state index contributed by atoms with van der Waals surface area (Å²) >= 11 is 1.19. The number of ether oxygens (including phenoxy) is 5. The van der Waals surface area contributed by atoms with Crippen LogP contribution in [-0.4, -0.2) is 164 Å². The number of carbonyl (C=O) groups is 3. The van der Waals surface area contributed by atoms with Gasteiger partial charge in [-0.15, -0.1) is 0 Å². The fraction of sp³-hybridized carbons (Fsp3) is 0.700. The quantitative estimate of drug-likeness (QED) is 0.0978. The number of aliphatic hydroxyl groups excluding tert-OH is 7. The van der Waals surface area contributed by atoms with E-state index in [-0.39, 0.29) is 0 Å². The van der Waals surface area contributed by atoms with E-state index >= 15 is 0 Å². The largest absolute Gasteiger partial charge is 0.394 e. The standard InChI is InChI=1S/C30H45N3O15S/c1-12(35)31-19-25(41)22(38)16(9-34)46-28(19)44-10-17-23(39)26(42)20(32-13(2)36)29(47-17)45-11-18-24(40)27(43)21(33-14(3)37)30(48-18)49-15-7-5-4-6-8-15/h4-8,16-30,34,38-43H,9-11H2,1-3H3,(H,31,35)(H,32,36)(H,33,37)/t16-,17-,18-,19-,20-,21-,22-,23-,24-,25-,26-,27-,28-,29-,30+/m1/s1. The summed E-state index contributed by atoms with van der Waals surface area (Å²) < 4.78 is 29.2. The van der Waals surface area contributed by atoms with Gasteiger partial charge in [0.2, 0.25) is 17.7 Å². The van der Waals surface area contributed by atoms with Crippen LogP contribution in [0.2, 0.25) is 0 Å². The Labute approximate surface area is 286 Å². The van der Waals surface area contributed by atoms with Crippen molar-refractivity contribution in [3.05, 3.63) is 30.3 Å². The van der Waals surface area contributed by atoms with E-state index in [9.17, 15) is 50.1 Å². The lowest BCUT2D eigenvalue weighted by Gasteiger charge is -2.46. The minimum absolute atomic E-state index is 0.452. The van der Waals surface area contributed by atoms with Gasteiger partial charge in [-0.3, -0.25) is 14.4 Å². The predicted octanol–water partition coefficient (Wildman–Crippen LogP) is -4.34. The van der Waals surface area contributed by atoms with Gasteiger partial charge in [0, 0.05) is 25.7 Å². The Morgan fingerprint density at radius 3 is 1.51 bits per heavy atom. The molecule has 3 heterocycles. The van der Waals surface area contributed by atoms with Gasteiger partial charge >= 0.3 is 0 Å². The van der Waals surface area contributed by atoms with Crippen molar-refractivity contribution in [3.8, 4) is 0 Å². The lowest BCUT2D eigenvalue weighted by Crippen LogP contribution is -2.67. The van der Waals surface area contributed by atoms with Crippen molar-refractivity contribution in [2.75, 3.05) is 19.8 Å². The molecule has 49 heavy (non-hydrogen) atoms. The van der Waals surface area contributed by atoms with E-state index in [4.69, 9.17) is 23.7 Å². The molecule has 4 rings (SSSR count). The van der Waals surface area contributed by atoms with Gasteiger partial charge in [0.1, 0.15) is 72.5 Å². The highest BCUT2D eigenvalue weighted by molar-refractivity contribution is 7.99. The number of carbonyl (C=O) groups excluding carboxylic acids is 3. The second kappa shape index (κ2) is 17.6. The molecule has 19 heteroatoms. The molecular weight excluding hydrogens is 674 g/mol. The van der Waals surface area contributed by atoms with Crippen LogP contribution in [0.15, 0.2) is 35.2 Å². The summed E-state index contributed by atoms with van der Waals surface area (Å²) in [5.41, 5.74) is -0.881. The van der Waals surface area contributed by atoms with E-state index < -0.39 is 129 Å². The number of nitrogens with one attached hydrogen (secondary N) is 3. The zero-order valence-electron chi connectivity index (χ0n) is 27.0. The first-order valence-corrected chi connectivity index (χ1v) is 16.5. The van der Waals surface area contributed by atoms with Crippen molar-refractivity contribution in [3.63, 3.8) is 0 Å². The Morgan fingerprint density at radius 1 is 0.633 bits per heavy atom. The molecule has 0 aromatic heterocycles. The van der Waals surface area contributed by atoms with Crippen molar-refractivity contribution in [2.45, 2.75) is 117 Å². The van der Waals surface area contributed by atoms with Crippen LogP contribution in [0.5, 0.6) is 0 Å². The summed E-state index contributed by atoms with van der Waals surface area (Å²) in [6.45, 7) is 1.91. The molecule has 3 aliphatic rings. The molecule has 276 valence electrons. The molecule has 18 nitrogen and oxygen atoms in total. The van der Waals surface area contributed by atoms with Crippen LogP contribution < -0.4 is 16.0 Å². The zero-order chi connectivity index (χ0) is 36.0. The number of benzene rings is 1. The van der Waals surface area contributed by atoms with Gasteiger partial charge in [-0.25, -0.2) is 0 Å². The van der Waals surface area contributed by atoms with Crippen LogP contribution >= 0.6 is 11.8 Å². The Bertz CT molecular complexity index is 1250. The van der Waals surface area contributed by atoms with Crippen LogP contribution in [0.1, 0.15) is 20.8 Å². The van der Waals surface area contributed by atoms with Gasteiger partial charge in [0.05, 0.1) is 25.9 Å². The molecule has 0 unspecified atom stereocenters. The lowest BCUT2D eigenvalue weighted by molar-refractivity contribution is -0.308. The van der Waals surface area contributed by atoms with Crippen LogP contribution in [0.4, 0.5) is 0 Å². The summed E-state index contributed by atoms with van der Waals surface area (Å²) in [6, 6.07) is 5.38. The van der Waals surface area contributed by atoms with Gasteiger partial charge in [0.15, 0.2) is 12.6 Å². The van der Waals surface area contributed by atoms with Gasteiger partial charge < -0.3 is 75.4 Å². The van der Waals surface area contributed by atoms with E-state index in [0.717, 1.165) is 11.8 Å². The molecule has 0 radical (unpaired) electrons. The maximum atomic E-state index is 12.0. The third-order valence-corrected chi connectivity index (χ3v) is 9.42. The molecule has 3 aliphatic heterocycles. The molecule has 1 aromatic carbocycles. The Hall–Kier alpha value is -2.50. The van der Waals surface area contributed by atoms with Crippen molar-refractivity contribution in [2.24, 2.45) is 0 Å². The molecule has 3 fully saturated rings. The minimum Gasteiger partial charge on any atom is -0.394 e. The van der Waals surface area contributed by atoms with E-state index in [2.05, 4.69) is 16.0 Å². The van der Waals surface area contributed by atoms with Gasteiger partial charge in [-0.1, -0.05) is 30.0 Å². The third kappa shape index (κ3) is 9.85. The summed E-state index contributed by atoms with van der Waals surface area (Å²) in [7, 11) is 0. The van der Waals surface area contributed by atoms with Gasteiger partial charge in [-0.2, -0.15) is 0 Å². The van der Waals surface area contributed by atoms with Gasteiger partial charge in [-0.05, 0) is 12.1 Å². The zero-order valence-corrected chi connectivity index (χ0v) is 27.8. The lowest BCUT2D eigenvalue weighted by atomic mass is 9.95. The fourth-order valence-electron chi connectivity index (χ4n) is 5.78. The van der Waals surface area contributed by atoms with E-state index in [1.807, 2.05) is 6.07 Å². The van der Waals surface area contributed by atoms with Crippen molar-refractivity contribution < 1.29 is 73.8 Å². The summed E-state index contributed by atoms with van der Waals surface area (Å²) in [5, 5.41) is 81.7. The van der Waals surface area contributed by atoms with E-state index in [0.29, 0.717) is 0 Å². The second-order valence-corrected chi connectivity index (χ2v) is 13.2. The molecule has 0 aliphatic carbocycles. The molecule has 3 saturated heterocycles. The normalized spacial score (nSPS) is 39.5. The molecule has 10 N–H and O–H groups in total. The highest BCUT2D eigenvalue weighted by Crippen LogP contribution is 2.34. The molecule has 0 bridgehead atoms. The third-order valence-electron chi connectivity index (χ3n) is 8.24. The fourth-order valence-corrected chi connectivity index (χ4v) is 6.94. The molecular formula is C30H45N3O15S. The van der Waals surface area contributed by atoms with Crippen molar-refractivity contribution in [1.29, 1.82) is 0 Å². The smallest absolute Gasteiger partial charge is 0.217 e. The predicted molar refractivity (Wildman–Crippen MR) is 166 cm³/mol. The molecule has 0 spiro atoms. The Balaban J connectivity index is 1.49. The maximum Gasteiger partial charge on any atom is 0.217 e. The van der Waals surface area contributed by atoms with Crippen LogP contribution in [0.3, 0.4) is 0 Å². The number of hydrogen-bond donors (Lipinski definition) is 10.